The van der Waals surface area contributed by atoms with Gasteiger partial charge in [0.2, 0.25) is 5.91 Å². The van der Waals surface area contributed by atoms with E-state index in [-0.39, 0.29) is 5.91 Å². The third-order valence-electron chi connectivity index (χ3n) is 3.61. The highest BCUT2D eigenvalue weighted by molar-refractivity contribution is 7.99. The summed E-state index contributed by atoms with van der Waals surface area (Å²) >= 11 is 2.01. The molecule has 2 fully saturated rings. The van der Waals surface area contributed by atoms with Gasteiger partial charge in [-0.15, -0.1) is 6.42 Å². The van der Waals surface area contributed by atoms with Gasteiger partial charge in [0.15, 0.2) is 0 Å². The number of carbonyl (C=O) groups is 1. The third-order valence-corrected chi connectivity index (χ3v) is 4.66. The summed E-state index contributed by atoms with van der Waals surface area (Å²) in [4.78, 5) is 14.1. The summed E-state index contributed by atoms with van der Waals surface area (Å²) in [6, 6.07) is 0. The van der Waals surface area contributed by atoms with Crippen LogP contribution in [0.2, 0.25) is 0 Å². The molecule has 0 spiro atoms. The molecule has 1 amide bonds. The van der Waals surface area contributed by atoms with Crippen molar-refractivity contribution in [3.63, 3.8) is 0 Å². The molecule has 0 radical (unpaired) electrons. The van der Waals surface area contributed by atoms with E-state index in [0.29, 0.717) is 12.5 Å². The monoisotopic (exact) mass is 251 g/mol. The number of amides is 1. The minimum absolute atomic E-state index is 0.284. The number of rotatable bonds is 5. The summed E-state index contributed by atoms with van der Waals surface area (Å²) in [6.45, 7) is 1.39. The highest BCUT2D eigenvalue weighted by atomic mass is 32.2. The molecule has 1 saturated heterocycles. The molecule has 1 aliphatic carbocycles. The maximum atomic E-state index is 12.2. The van der Waals surface area contributed by atoms with Crippen LogP contribution in [0.3, 0.4) is 0 Å². The molecule has 0 unspecified atom stereocenters. The minimum Gasteiger partial charge on any atom is -0.331 e. The van der Waals surface area contributed by atoms with Gasteiger partial charge in [-0.3, -0.25) is 4.79 Å². The first kappa shape index (κ1) is 12.8. The Labute approximate surface area is 109 Å². The van der Waals surface area contributed by atoms with Crippen LogP contribution in [0.5, 0.6) is 0 Å². The first-order valence-corrected chi connectivity index (χ1v) is 7.74. The maximum Gasteiger partial charge on any atom is 0.223 e. The molecule has 94 valence electrons. The molecule has 2 aliphatic rings. The lowest BCUT2D eigenvalue weighted by atomic mass is 9.98. The quantitative estimate of drug-likeness (QED) is 0.699. The second-order valence-corrected chi connectivity index (χ2v) is 6.41. The SMILES string of the molecule is C#CCN(CC1CC1)C(=O)CC1CCSCC1. The van der Waals surface area contributed by atoms with Gasteiger partial charge in [0.05, 0.1) is 6.54 Å². The standard InChI is InChI=1S/C14H21NOS/c1-2-7-15(11-13-3-4-13)14(16)10-12-5-8-17-9-6-12/h1,12-13H,3-11H2. The molecule has 2 rings (SSSR count). The first-order valence-electron chi connectivity index (χ1n) is 6.58. The van der Waals surface area contributed by atoms with Crippen molar-refractivity contribution >= 4 is 17.7 Å². The van der Waals surface area contributed by atoms with Crippen LogP contribution >= 0.6 is 11.8 Å². The van der Waals surface area contributed by atoms with Gasteiger partial charge in [-0.25, -0.2) is 0 Å². The predicted molar refractivity (Wildman–Crippen MR) is 72.8 cm³/mol. The van der Waals surface area contributed by atoms with Crippen LogP contribution in [-0.4, -0.2) is 35.4 Å². The fourth-order valence-corrected chi connectivity index (χ4v) is 3.51. The van der Waals surface area contributed by atoms with Crippen molar-refractivity contribution in [1.29, 1.82) is 0 Å². The van der Waals surface area contributed by atoms with E-state index in [4.69, 9.17) is 6.42 Å². The molecule has 1 saturated carbocycles. The fourth-order valence-electron chi connectivity index (χ4n) is 2.30. The molecule has 17 heavy (non-hydrogen) atoms. The van der Waals surface area contributed by atoms with Gasteiger partial charge >= 0.3 is 0 Å². The Morgan fingerprint density at radius 1 is 1.24 bits per heavy atom. The average Bonchev–Trinajstić information content (AvgIpc) is 3.14. The van der Waals surface area contributed by atoms with Crippen LogP contribution in [0.15, 0.2) is 0 Å². The molecule has 1 heterocycles. The van der Waals surface area contributed by atoms with Crippen molar-refractivity contribution in [2.24, 2.45) is 11.8 Å². The molecule has 2 nitrogen and oxygen atoms in total. The molecule has 0 atom stereocenters. The lowest BCUT2D eigenvalue weighted by Gasteiger charge is -2.25. The number of carbonyl (C=O) groups excluding carboxylic acids is 1. The summed E-state index contributed by atoms with van der Waals surface area (Å²) in [6.07, 6.45) is 11.0. The lowest BCUT2D eigenvalue weighted by molar-refractivity contribution is -0.131. The van der Waals surface area contributed by atoms with Crippen LogP contribution in [-0.2, 0) is 4.79 Å². The summed E-state index contributed by atoms with van der Waals surface area (Å²) in [5, 5.41) is 0. The van der Waals surface area contributed by atoms with E-state index in [1.54, 1.807) is 0 Å². The van der Waals surface area contributed by atoms with E-state index in [0.717, 1.165) is 18.9 Å². The fraction of sp³-hybridized carbons (Fsp3) is 0.786. The summed E-state index contributed by atoms with van der Waals surface area (Å²) < 4.78 is 0. The highest BCUT2D eigenvalue weighted by Gasteiger charge is 2.27. The zero-order chi connectivity index (χ0) is 12.1. The van der Waals surface area contributed by atoms with E-state index in [9.17, 15) is 4.79 Å². The summed E-state index contributed by atoms with van der Waals surface area (Å²) in [5.41, 5.74) is 0. The highest BCUT2D eigenvalue weighted by Crippen LogP contribution is 2.31. The van der Waals surface area contributed by atoms with Crippen LogP contribution < -0.4 is 0 Å². The number of thioether (sulfide) groups is 1. The largest absolute Gasteiger partial charge is 0.331 e. The molecule has 0 bridgehead atoms. The second-order valence-electron chi connectivity index (χ2n) is 5.18. The summed E-state index contributed by atoms with van der Waals surface area (Å²) in [7, 11) is 0. The molecular weight excluding hydrogens is 230 g/mol. The number of nitrogens with zero attached hydrogens (tertiary/aromatic N) is 1. The van der Waals surface area contributed by atoms with E-state index >= 15 is 0 Å². The minimum atomic E-state index is 0.284. The van der Waals surface area contributed by atoms with Crippen molar-refractivity contribution < 1.29 is 4.79 Å². The lowest BCUT2D eigenvalue weighted by Crippen LogP contribution is -2.34. The average molecular weight is 251 g/mol. The van der Waals surface area contributed by atoms with E-state index in [1.165, 1.54) is 37.2 Å². The van der Waals surface area contributed by atoms with E-state index in [1.807, 2.05) is 16.7 Å². The normalized spacial score (nSPS) is 20.9. The molecular formula is C14H21NOS. The first-order chi connectivity index (χ1) is 8.29. The van der Waals surface area contributed by atoms with Gasteiger partial charge in [-0.1, -0.05) is 5.92 Å². The second kappa shape index (κ2) is 6.35. The van der Waals surface area contributed by atoms with Crippen molar-refractivity contribution in [3.05, 3.63) is 0 Å². The zero-order valence-electron chi connectivity index (χ0n) is 10.4. The Hall–Kier alpha value is -0.620. The van der Waals surface area contributed by atoms with Gasteiger partial charge in [-0.05, 0) is 49.0 Å². The van der Waals surface area contributed by atoms with Crippen LogP contribution in [0.1, 0.15) is 32.1 Å². The molecule has 0 aromatic rings. The topological polar surface area (TPSA) is 20.3 Å². The summed E-state index contributed by atoms with van der Waals surface area (Å²) in [5.74, 6) is 6.67. The molecule has 0 aromatic carbocycles. The van der Waals surface area contributed by atoms with E-state index in [2.05, 4.69) is 5.92 Å². The van der Waals surface area contributed by atoms with Crippen LogP contribution in [0, 0.1) is 24.2 Å². The number of terminal acetylenes is 1. The molecule has 3 heteroatoms. The Morgan fingerprint density at radius 3 is 2.53 bits per heavy atom. The zero-order valence-corrected chi connectivity index (χ0v) is 11.2. The van der Waals surface area contributed by atoms with Crippen LogP contribution in [0.4, 0.5) is 0 Å². The van der Waals surface area contributed by atoms with Crippen molar-refractivity contribution in [3.8, 4) is 12.3 Å². The van der Waals surface area contributed by atoms with Crippen LogP contribution in [0.25, 0.3) is 0 Å². The number of hydrogen-bond donors (Lipinski definition) is 0. The molecule has 0 N–H and O–H groups in total. The Balaban J connectivity index is 1.79. The Bertz CT molecular complexity index is 300. The number of hydrogen-bond acceptors (Lipinski definition) is 2. The molecule has 0 aromatic heterocycles. The van der Waals surface area contributed by atoms with Crippen molar-refractivity contribution in [2.75, 3.05) is 24.6 Å². The van der Waals surface area contributed by atoms with Crippen molar-refractivity contribution in [1.82, 2.24) is 4.90 Å². The Morgan fingerprint density at radius 2 is 1.94 bits per heavy atom. The van der Waals surface area contributed by atoms with Gasteiger partial charge < -0.3 is 4.90 Å². The van der Waals surface area contributed by atoms with E-state index < -0.39 is 0 Å². The van der Waals surface area contributed by atoms with Gasteiger partial charge in [0.25, 0.3) is 0 Å². The van der Waals surface area contributed by atoms with Crippen molar-refractivity contribution in [2.45, 2.75) is 32.1 Å². The maximum absolute atomic E-state index is 12.2. The van der Waals surface area contributed by atoms with Gasteiger partial charge in [-0.2, -0.15) is 11.8 Å². The van der Waals surface area contributed by atoms with Gasteiger partial charge in [0.1, 0.15) is 0 Å². The third kappa shape index (κ3) is 4.27. The molecule has 1 aliphatic heterocycles. The smallest absolute Gasteiger partial charge is 0.223 e. The predicted octanol–water partition coefficient (Wildman–Crippen LogP) is 2.39. The Kier molecular flexibility index (Phi) is 4.79. The van der Waals surface area contributed by atoms with Gasteiger partial charge in [0, 0.05) is 13.0 Å².